The second kappa shape index (κ2) is 7.54. The smallest absolute Gasteiger partial charge is 0.173 e. The highest BCUT2D eigenvalue weighted by Crippen LogP contribution is 2.19. The second-order valence-corrected chi connectivity index (χ2v) is 5.05. The van der Waals surface area contributed by atoms with Gasteiger partial charge in [0.1, 0.15) is 24.7 Å². The first-order chi connectivity index (χ1) is 10.2. The number of benzene rings is 2. The van der Waals surface area contributed by atoms with E-state index in [2.05, 4.69) is 21.1 Å². The zero-order chi connectivity index (χ0) is 15.1. The molecule has 3 N–H and O–H groups in total. The monoisotopic (exact) mass is 350 g/mol. The van der Waals surface area contributed by atoms with Crippen molar-refractivity contribution in [1.29, 1.82) is 0 Å². The van der Waals surface area contributed by atoms with Crippen LogP contribution in [-0.4, -0.2) is 24.3 Å². The molecule has 110 valence electrons. The highest BCUT2D eigenvalue weighted by molar-refractivity contribution is 9.10. The third kappa shape index (κ3) is 4.39. The molecule has 2 aromatic rings. The van der Waals surface area contributed by atoms with Gasteiger partial charge in [-0.15, -0.1) is 0 Å². The van der Waals surface area contributed by atoms with E-state index in [0.29, 0.717) is 24.5 Å². The summed E-state index contributed by atoms with van der Waals surface area (Å²) in [4.78, 5) is 0. The Morgan fingerprint density at radius 2 is 1.86 bits per heavy atom. The molecule has 0 amide bonds. The van der Waals surface area contributed by atoms with Gasteiger partial charge >= 0.3 is 0 Å². The van der Waals surface area contributed by atoms with Crippen LogP contribution in [0.15, 0.2) is 58.2 Å². The minimum Gasteiger partial charge on any atom is -0.490 e. The number of oxime groups is 1. The summed E-state index contributed by atoms with van der Waals surface area (Å²) < 4.78 is 12.1. The molecular formula is C15H15BrN2O3. The zero-order valence-electron chi connectivity index (χ0n) is 11.2. The molecule has 0 bridgehead atoms. The Balaban J connectivity index is 1.89. The second-order valence-electron chi connectivity index (χ2n) is 4.14. The van der Waals surface area contributed by atoms with Crippen LogP contribution in [0.1, 0.15) is 5.56 Å². The summed E-state index contributed by atoms with van der Waals surface area (Å²) >= 11 is 3.38. The molecule has 0 fully saturated rings. The first-order valence-electron chi connectivity index (χ1n) is 6.29. The Hall–Kier alpha value is -2.21. The Bertz CT molecular complexity index is 632. The number of nitrogens with two attached hydrogens (primary N) is 1. The van der Waals surface area contributed by atoms with Gasteiger partial charge in [0.15, 0.2) is 5.84 Å². The predicted molar refractivity (Wildman–Crippen MR) is 84.1 cm³/mol. The van der Waals surface area contributed by atoms with E-state index < -0.39 is 0 Å². The van der Waals surface area contributed by atoms with Crippen LogP contribution in [0.2, 0.25) is 0 Å². The summed E-state index contributed by atoms with van der Waals surface area (Å²) in [6.45, 7) is 0.739. The fourth-order valence-corrected chi connectivity index (χ4v) is 2.10. The lowest BCUT2D eigenvalue weighted by molar-refractivity contribution is 0.216. The minimum atomic E-state index is 0.0125. The number of hydrogen-bond acceptors (Lipinski definition) is 4. The van der Waals surface area contributed by atoms with Crippen LogP contribution in [0.3, 0.4) is 0 Å². The summed E-state index contributed by atoms with van der Waals surface area (Å²) in [6.07, 6.45) is 0. The van der Waals surface area contributed by atoms with Crippen LogP contribution in [0.4, 0.5) is 0 Å². The summed E-state index contributed by atoms with van der Waals surface area (Å²) in [5.74, 6) is 1.32. The molecule has 0 heterocycles. The molecule has 2 rings (SSSR count). The first kappa shape index (κ1) is 15.2. The van der Waals surface area contributed by atoms with Crippen molar-refractivity contribution in [3.63, 3.8) is 0 Å². The third-order valence-electron chi connectivity index (χ3n) is 2.68. The minimum absolute atomic E-state index is 0.0125. The summed E-state index contributed by atoms with van der Waals surface area (Å²) in [5, 5.41) is 11.7. The Kier molecular flexibility index (Phi) is 5.45. The lowest BCUT2D eigenvalue weighted by Gasteiger charge is -2.11. The van der Waals surface area contributed by atoms with Crippen LogP contribution in [-0.2, 0) is 0 Å². The number of rotatable bonds is 6. The SMILES string of the molecule is NC(=NO)c1ccccc1OCCOc1cccc(Br)c1. The van der Waals surface area contributed by atoms with Gasteiger partial charge in [0.25, 0.3) is 0 Å². The van der Waals surface area contributed by atoms with Crippen molar-refractivity contribution in [1.82, 2.24) is 0 Å². The fourth-order valence-electron chi connectivity index (χ4n) is 1.73. The largest absolute Gasteiger partial charge is 0.490 e. The summed E-state index contributed by atoms with van der Waals surface area (Å²) in [7, 11) is 0. The van der Waals surface area contributed by atoms with Gasteiger partial charge in [-0.05, 0) is 30.3 Å². The number of hydrogen-bond donors (Lipinski definition) is 2. The van der Waals surface area contributed by atoms with Gasteiger partial charge in [-0.1, -0.05) is 39.3 Å². The van der Waals surface area contributed by atoms with Crippen LogP contribution in [0, 0.1) is 0 Å². The van der Waals surface area contributed by atoms with Crippen molar-refractivity contribution in [2.45, 2.75) is 0 Å². The predicted octanol–water partition coefficient (Wildman–Crippen LogP) is 3.00. The molecule has 0 saturated heterocycles. The average Bonchev–Trinajstić information content (AvgIpc) is 2.51. The van der Waals surface area contributed by atoms with E-state index in [0.717, 1.165) is 10.2 Å². The van der Waals surface area contributed by atoms with E-state index >= 15 is 0 Å². The van der Waals surface area contributed by atoms with Gasteiger partial charge in [0, 0.05) is 4.47 Å². The lowest BCUT2D eigenvalue weighted by Crippen LogP contribution is -2.16. The maximum absolute atomic E-state index is 8.74. The molecule has 5 nitrogen and oxygen atoms in total. The molecule has 21 heavy (non-hydrogen) atoms. The molecule has 0 aliphatic heterocycles. The normalized spacial score (nSPS) is 11.2. The number of nitrogens with zero attached hydrogens (tertiary/aromatic N) is 1. The fraction of sp³-hybridized carbons (Fsp3) is 0.133. The van der Waals surface area contributed by atoms with Crippen molar-refractivity contribution in [3.8, 4) is 11.5 Å². The van der Waals surface area contributed by atoms with Gasteiger partial charge in [-0.25, -0.2) is 0 Å². The highest BCUT2D eigenvalue weighted by Gasteiger charge is 2.07. The van der Waals surface area contributed by atoms with Gasteiger partial charge in [-0.3, -0.25) is 0 Å². The lowest BCUT2D eigenvalue weighted by atomic mass is 10.2. The standard InChI is InChI=1S/C15H15BrN2O3/c16-11-4-3-5-12(10-11)20-8-9-21-14-7-2-1-6-13(14)15(17)18-19/h1-7,10,19H,8-9H2,(H2,17,18). The van der Waals surface area contributed by atoms with Crippen LogP contribution < -0.4 is 15.2 Å². The third-order valence-corrected chi connectivity index (χ3v) is 3.17. The molecule has 0 aliphatic carbocycles. The maximum Gasteiger partial charge on any atom is 0.173 e. The van der Waals surface area contributed by atoms with Crippen LogP contribution >= 0.6 is 15.9 Å². The van der Waals surface area contributed by atoms with Crippen LogP contribution in [0.25, 0.3) is 0 Å². The van der Waals surface area contributed by atoms with E-state index in [1.54, 1.807) is 18.2 Å². The molecule has 0 saturated carbocycles. The van der Waals surface area contributed by atoms with Crippen LogP contribution in [0.5, 0.6) is 11.5 Å². The topological polar surface area (TPSA) is 77.1 Å². The van der Waals surface area contributed by atoms with Gasteiger partial charge in [0.05, 0.1) is 5.56 Å². The van der Waals surface area contributed by atoms with E-state index in [1.165, 1.54) is 0 Å². The molecule has 2 aromatic carbocycles. The Labute approximate surface area is 131 Å². The Morgan fingerprint density at radius 1 is 1.10 bits per heavy atom. The van der Waals surface area contributed by atoms with E-state index in [4.69, 9.17) is 20.4 Å². The number of halogens is 1. The molecule has 6 heteroatoms. The number of para-hydroxylation sites is 1. The summed E-state index contributed by atoms with van der Waals surface area (Å²) in [5.41, 5.74) is 6.13. The van der Waals surface area contributed by atoms with Gasteiger partial charge in [-0.2, -0.15) is 0 Å². The van der Waals surface area contributed by atoms with Crippen molar-refractivity contribution in [2.75, 3.05) is 13.2 Å². The molecule has 0 aliphatic rings. The molecule has 0 aromatic heterocycles. The molecule has 0 radical (unpaired) electrons. The van der Waals surface area contributed by atoms with Crippen molar-refractivity contribution >= 4 is 21.8 Å². The molecule has 0 atom stereocenters. The van der Waals surface area contributed by atoms with E-state index in [1.807, 2.05) is 30.3 Å². The van der Waals surface area contributed by atoms with Crippen molar-refractivity contribution < 1.29 is 14.7 Å². The number of amidine groups is 1. The maximum atomic E-state index is 8.74. The first-order valence-corrected chi connectivity index (χ1v) is 7.08. The molecular weight excluding hydrogens is 336 g/mol. The van der Waals surface area contributed by atoms with Gasteiger partial charge < -0.3 is 20.4 Å². The molecule has 0 spiro atoms. The quantitative estimate of drug-likeness (QED) is 0.276. The van der Waals surface area contributed by atoms with Crippen molar-refractivity contribution in [2.24, 2.45) is 10.9 Å². The zero-order valence-corrected chi connectivity index (χ0v) is 12.8. The van der Waals surface area contributed by atoms with E-state index in [9.17, 15) is 0 Å². The Morgan fingerprint density at radius 3 is 2.62 bits per heavy atom. The van der Waals surface area contributed by atoms with Gasteiger partial charge in [0.2, 0.25) is 0 Å². The highest BCUT2D eigenvalue weighted by atomic mass is 79.9. The summed E-state index contributed by atoms with van der Waals surface area (Å²) in [6, 6.07) is 14.7. The number of ether oxygens (including phenoxy) is 2. The van der Waals surface area contributed by atoms with Crippen molar-refractivity contribution in [3.05, 3.63) is 58.6 Å². The van der Waals surface area contributed by atoms with E-state index in [-0.39, 0.29) is 5.84 Å². The average molecular weight is 351 g/mol. The molecule has 0 unspecified atom stereocenters.